The van der Waals surface area contributed by atoms with Crippen molar-refractivity contribution in [2.24, 2.45) is 0 Å². The second kappa shape index (κ2) is 4.82. The molecule has 0 bridgehead atoms. The van der Waals surface area contributed by atoms with E-state index in [2.05, 4.69) is 4.98 Å². The lowest BCUT2D eigenvalue weighted by atomic mass is 10.3. The number of nitrogens with two attached hydrogens (primary N) is 1. The van der Waals surface area contributed by atoms with E-state index in [-0.39, 0.29) is 0 Å². The van der Waals surface area contributed by atoms with Gasteiger partial charge in [-0.3, -0.25) is 0 Å². The summed E-state index contributed by atoms with van der Waals surface area (Å²) in [6, 6.07) is 11.0. The van der Waals surface area contributed by atoms with Crippen molar-refractivity contribution in [1.29, 1.82) is 0 Å². The summed E-state index contributed by atoms with van der Waals surface area (Å²) >= 11 is 5.84. The monoisotopic (exact) mass is 273 g/mol. The molecule has 5 heteroatoms. The highest BCUT2D eigenvalue weighted by Gasteiger charge is 2.04. The number of halogens is 1. The number of nitrogen functional groups attached to an aromatic ring is 1. The number of rotatable bonds is 3. The lowest BCUT2D eigenvalue weighted by Gasteiger charge is -2.07. The first-order chi connectivity index (χ1) is 9.22. The summed E-state index contributed by atoms with van der Waals surface area (Å²) in [4.78, 5) is 4.45. The Kier molecular flexibility index (Phi) is 3.01. The van der Waals surface area contributed by atoms with E-state index in [1.165, 1.54) is 0 Å². The van der Waals surface area contributed by atoms with Crippen molar-refractivity contribution in [1.82, 2.24) is 9.38 Å². The number of hydrogen-bond acceptors (Lipinski definition) is 3. The van der Waals surface area contributed by atoms with Crippen LogP contribution in [0, 0.1) is 0 Å². The average Bonchev–Trinajstić information content (AvgIpc) is 2.80. The Morgan fingerprint density at radius 2 is 2.16 bits per heavy atom. The normalized spacial score (nSPS) is 10.8. The summed E-state index contributed by atoms with van der Waals surface area (Å²) in [6.07, 6.45) is 3.88. The molecule has 96 valence electrons. The molecular formula is C14H12ClN3O. The van der Waals surface area contributed by atoms with Gasteiger partial charge in [0.05, 0.1) is 11.4 Å². The Balaban J connectivity index is 1.78. The van der Waals surface area contributed by atoms with Crippen molar-refractivity contribution in [3.63, 3.8) is 0 Å². The van der Waals surface area contributed by atoms with Gasteiger partial charge in [-0.1, -0.05) is 17.7 Å². The van der Waals surface area contributed by atoms with Gasteiger partial charge in [-0.05, 0) is 30.3 Å². The topological polar surface area (TPSA) is 52.5 Å². The second-order valence-electron chi connectivity index (χ2n) is 4.17. The van der Waals surface area contributed by atoms with Crippen molar-refractivity contribution >= 4 is 22.9 Å². The fraction of sp³-hybridized carbons (Fsp3) is 0.0714. The number of fused-ring (bicyclic) bond motifs is 1. The minimum Gasteiger partial charge on any atom is -0.485 e. The van der Waals surface area contributed by atoms with Crippen molar-refractivity contribution in [3.8, 4) is 5.75 Å². The van der Waals surface area contributed by atoms with E-state index in [0.717, 1.165) is 11.3 Å². The third kappa shape index (κ3) is 2.48. The molecule has 1 aromatic carbocycles. The van der Waals surface area contributed by atoms with E-state index < -0.39 is 0 Å². The summed E-state index contributed by atoms with van der Waals surface area (Å²) in [6.45, 7) is 0.369. The number of benzene rings is 1. The highest BCUT2D eigenvalue weighted by atomic mass is 35.5. The number of nitrogens with zero attached hydrogens (tertiary/aromatic N) is 2. The molecule has 2 N–H and O–H groups in total. The third-order valence-corrected chi connectivity index (χ3v) is 3.00. The fourth-order valence-electron chi connectivity index (χ4n) is 1.86. The summed E-state index contributed by atoms with van der Waals surface area (Å²) in [5.41, 5.74) is 8.09. The molecule has 0 aliphatic carbocycles. The Morgan fingerprint density at radius 1 is 1.26 bits per heavy atom. The van der Waals surface area contributed by atoms with Gasteiger partial charge < -0.3 is 14.9 Å². The highest BCUT2D eigenvalue weighted by molar-refractivity contribution is 6.30. The molecular weight excluding hydrogens is 262 g/mol. The van der Waals surface area contributed by atoms with Gasteiger partial charge in [0.25, 0.3) is 0 Å². The zero-order valence-electron chi connectivity index (χ0n) is 10.1. The van der Waals surface area contributed by atoms with E-state index in [4.69, 9.17) is 22.1 Å². The Labute approximate surface area is 115 Å². The number of pyridine rings is 1. The van der Waals surface area contributed by atoms with E-state index in [9.17, 15) is 0 Å². The van der Waals surface area contributed by atoms with Gasteiger partial charge in [0.1, 0.15) is 18.0 Å². The molecule has 2 heterocycles. The van der Waals surface area contributed by atoms with Crippen LogP contribution in [0.4, 0.5) is 5.69 Å². The van der Waals surface area contributed by atoms with Gasteiger partial charge in [-0.2, -0.15) is 0 Å². The van der Waals surface area contributed by atoms with Crippen LogP contribution in [0.3, 0.4) is 0 Å². The van der Waals surface area contributed by atoms with Crippen LogP contribution in [-0.2, 0) is 6.61 Å². The minimum atomic E-state index is 0.369. The summed E-state index contributed by atoms with van der Waals surface area (Å²) < 4.78 is 7.60. The highest BCUT2D eigenvalue weighted by Crippen LogP contribution is 2.25. The first-order valence-corrected chi connectivity index (χ1v) is 6.20. The van der Waals surface area contributed by atoms with E-state index >= 15 is 0 Å². The van der Waals surface area contributed by atoms with Gasteiger partial charge in [-0.15, -0.1) is 0 Å². The molecule has 0 unspecified atom stereocenters. The number of hydrogen-bond donors (Lipinski definition) is 1. The largest absolute Gasteiger partial charge is 0.485 e. The van der Waals surface area contributed by atoms with Crippen LogP contribution in [0.25, 0.3) is 5.65 Å². The molecule has 3 rings (SSSR count). The molecule has 0 amide bonds. The molecule has 0 aliphatic heterocycles. The van der Waals surface area contributed by atoms with Crippen molar-refractivity contribution in [2.75, 3.05) is 5.73 Å². The maximum Gasteiger partial charge on any atom is 0.142 e. The van der Waals surface area contributed by atoms with Gasteiger partial charge in [0.15, 0.2) is 0 Å². The number of imidazole rings is 1. The van der Waals surface area contributed by atoms with Gasteiger partial charge in [0.2, 0.25) is 0 Å². The molecule has 0 fully saturated rings. The van der Waals surface area contributed by atoms with Crippen LogP contribution in [0.15, 0.2) is 48.8 Å². The first-order valence-electron chi connectivity index (χ1n) is 5.83. The van der Waals surface area contributed by atoms with Crippen LogP contribution >= 0.6 is 11.6 Å². The zero-order valence-corrected chi connectivity index (χ0v) is 10.8. The Bertz CT molecular complexity index is 691. The third-order valence-electron chi connectivity index (χ3n) is 2.76. The number of aromatic nitrogens is 2. The van der Waals surface area contributed by atoms with Crippen molar-refractivity contribution in [2.45, 2.75) is 6.61 Å². The lowest BCUT2D eigenvalue weighted by molar-refractivity contribution is 0.304. The average molecular weight is 274 g/mol. The standard InChI is InChI=1S/C14H12ClN3O/c15-10-4-5-13(12(16)7-10)19-9-11-8-18-6-2-1-3-14(18)17-11/h1-8H,9,16H2. The maximum absolute atomic E-state index is 5.84. The van der Waals surface area contributed by atoms with Gasteiger partial charge in [-0.25, -0.2) is 4.98 Å². The summed E-state index contributed by atoms with van der Waals surface area (Å²) in [5.74, 6) is 0.612. The van der Waals surface area contributed by atoms with Crippen LogP contribution in [-0.4, -0.2) is 9.38 Å². The molecule has 0 aliphatic rings. The molecule has 0 radical (unpaired) electrons. The van der Waals surface area contributed by atoms with Crippen LogP contribution < -0.4 is 10.5 Å². The molecule has 3 aromatic rings. The van der Waals surface area contributed by atoms with Crippen LogP contribution in [0.2, 0.25) is 5.02 Å². The smallest absolute Gasteiger partial charge is 0.142 e. The predicted molar refractivity (Wildman–Crippen MR) is 75.4 cm³/mol. The SMILES string of the molecule is Nc1cc(Cl)ccc1OCc1cn2ccccc2n1. The molecule has 0 saturated carbocycles. The fourth-order valence-corrected chi connectivity index (χ4v) is 2.04. The second-order valence-corrected chi connectivity index (χ2v) is 4.61. The first kappa shape index (κ1) is 11.9. The van der Waals surface area contributed by atoms with Crippen molar-refractivity contribution < 1.29 is 4.74 Å². The lowest BCUT2D eigenvalue weighted by Crippen LogP contribution is -1.98. The predicted octanol–water partition coefficient (Wildman–Crippen LogP) is 3.15. The quantitative estimate of drug-likeness (QED) is 0.746. The molecule has 2 aromatic heterocycles. The summed E-state index contributed by atoms with van der Waals surface area (Å²) in [5, 5.41) is 0.595. The zero-order chi connectivity index (χ0) is 13.2. The number of anilines is 1. The molecule has 0 saturated heterocycles. The van der Waals surface area contributed by atoms with Crippen LogP contribution in [0.1, 0.15) is 5.69 Å². The van der Waals surface area contributed by atoms with E-state index in [1.54, 1.807) is 18.2 Å². The van der Waals surface area contributed by atoms with Crippen LogP contribution in [0.5, 0.6) is 5.75 Å². The summed E-state index contributed by atoms with van der Waals surface area (Å²) in [7, 11) is 0. The van der Waals surface area contributed by atoms with E-state index in [1.807, 2.05) is 35.0 Å². The molecule has 4 nitrogen and oxygen atoms in total. The minimum absolute atomic E-state index is 0.369. The Morgan fingerprint density at radius 3 is 2.95 bits per heavy atom. The van der Waals surface area contributed by atoms with E-state index in [0.29, 0.717) is 23.1 Å². The maximum atomic E-state index is 5.84. The Hall–Kier alpha value is -2.20. The van der Waals surface area contributed by atoms with Crippen molar-refractivity contribution in [3.05, 3.63) is 59.5 Å². The van der Waals surface area contributed by atoms with Gasteiger partial charge >= 0.3 is 0 Å². The molecule has 0 spiro atoms. The number of ether oxygens (including phenoxy) is 1. The molecule has 0 atom stereocenters. The molecule has 19 heavy (non-hydrogen) atoms. The van der Waals surface area contributed by atoms with Gasteiger partial charge in [0, 0.05) is 17.4 Å².